The van der Waals surface area contributed by atoms with Crippen LogP contribution in [0.2, 0.25) is 0 Å². The molecule has 1 aliphatic carbocycles. The topological polar surface area (TPSA) is 49.3 Å². The Labute approximate surface area is 60.4 Å². The highest BCUT2D eigenvalue weighted by molar-refractivity contribution is 5.73. The summed E-state index contributed by atoms with van der Waals surface area (Å²) in [6.45, 7) is 1.78. The first-order chi connectivity index (χ1) is 4.72. The fraction of sp³-hybridized carbons (Fsp3) is 0.857. The van der Waals surface area contributed by atoms with Gasteiger partial charge in [0.2, 0.25) is 5.91 Å². The largest absolute Gasteiger partial charge is 0.396 e. The van der Waals surface area contributed by atoms with Crippen molar-refractivity contribution in [1.82, 2.24) is 5.32 Å². The molecule has 3 heteroatoms. The van der Waals surface area contributed by atoms with Crippen molar-refractivity contribution in [3.05, 3.63) is 0 Å². The van der Waals surface area contributed by atoms with Gasteiger partial charge in [0.1, 0.15) is 0 Å². The summed E-state index contributed by atoms with van der Waals surface area (Å²) in [7, 11) is 0. The summed E-state index contributed by atoms with van der Waals surface area (Å²) in [5, 5.41) is 11.4. The van der Waals surface area contributed by atoms with Gasteiger partial charge in [-0.05, 0) is 18.8 Å². The van der Waals surface area contributed by atoms with Crippen LogP contribution in [-0.2, 0) is 4.79 Å². The first kappa shape index (κ1) is 7.54. The molecule has 0 unspecified atom stereocenters. The number of hydrogen-bond donors (Lipinski definition) is 2. The molecule has 0 aromatic carbocycles. The Hall–Kier alpha value is -0.570. The van der Waals surface area contributed by atoms with E-state index in [4.69, 9.17) is 5.11 Å². The zero-order chi connectivity index (χ0) is 7.56. The van der Waals surface area contributed by atoms with Gasteiger partial charge in [-0.25, -0.2) is 0 Å². The van der Waals surface area contributed by atoms with E-state index < -0.39 is 0 Å². The number of carbonyl (C=O) groups excluding carboxylic acids is 1. The third-order valence-electron chi connectivity index (χ3n) is 1.90. The maximum Gasteiger partial charge on any atom is 0.217 e. The highest BCUT2D eigenvalue weighted by Gasteiger charge is 2.28. The molecule has 1 amide bonds. The van der Waals surface area contributed by atoms with Gasteiger partial charge in [0.25, 0.3) is 0 Å². The molecule has 2 N–H and O–H groups in total. The summed E-state index contributed by atoms with van der Waals surface area (Å²) in [6.07, 6.45) is 1.88. The third-order valence-corrected chi connectivity index (χ3v) is 1.90. The van der Waals surface area contributed by atoms with Crippen LogP contribution in [0.1, 0.15) is 19.8 Å². The second-order valence-electron chi connectivity index (χ2n) is 2.92. The second-order valence-corrected chi connectivity index (χ2v) is 2.92. The van der Waals surface area contributed by atoms with Crippen LogP contribution in [0.15, 0.2) is 0 Å². The van der Waals surface area contributed by atoms with Crippen LogP contribution in [0.5, 0.6) is 0 Å². The van der Waals surface area contributed by atoms with Crippen molar-refractivity contribution in [1.29, 1.82) is 0 Å². The van der Waals surface area contributed by atoms with E-state index in [2.05, 4.69) is 5.32 Å². The van der Waals surface area contributed by atoms with Crippen molar-refractivity contribution in [2.45, 2.75) is 25.8 Å². The molecule has 0 heterocycles. The summed E-state index contributed by atoms with van der Waals surface area (Å²) < 4.78 is 0. The van der Waals surface area contributed by atoms with E-state index in [1.165, 1.54) is 6.92 Å². The molecule has 0 aromatic heterocycles. The average Bonchev–Trinajstić information content (AvgIpc) is 1.76. The van der Waals surface area contributed by atoms with Crippen LogP contribution in [0.4, 0.5) is 0 Å². The van der Waals surface area contributed by atoms with Crippen LogP contribution in [0.3, 0.4) is 0 Å². The maximum absolute atomic E-state index is 10.5. The molecule has 3 nitrogen and oxygen atoms in total. The molecule has 1 saturated carbocycles. The average molecular weight is 143 g/mol. The number of aliphatic hydroxyl groups is 1. The van der Waals surface area contributed by atoms with Gasteiger partial charge in [-0.2, -0.15) is 0 Å². The van der Waals surface area contributed by atoms with Crippen molar-refractivity contribution in [3.63, 3.8) is 0 Å². The van der Waals surface area contributed by atoms with E-state index in [9.17, 15) is 4.79 Å². The Morgan fingerprint density at radius 1 is 1.70 bits per heavy atom. The van der Waals surface area contributed by atoms with Gasteiger partial charge in [0.05, 0.1) is 0 Å². The van der Waals surface area contributed by atoms with Crippen LogP contribution < -0.4 is 5.32 Å². The van der Waals surface area contributed by atoms with Crippen LogP contribution in [0.25, 0.3) is 0 Å². The lowest BCUT2D eigenvalue weighted by Crippen LogP contribution is -2.44. The van der Waals surface area contributed by atoms with Crippen molar-refractivity contribution >= 4 is 5.91 Å². The zero-order valence-corrected chi connectivity index (χ0v) is 6.13. The molecule has 0 aromatic rings. The van der Waals surface area contributed by atoms with Crippen LogP contribution in [0, 0.1) is 5.92 Å². The molecular formula is C7H13NO2. The normalized spacial score (nSPS) is 31.0. The molecular weight excluding hydrogens is 130 g/mol. The van der Waals surface area contributed by atoms with E-state index in [1.54, 1.807) is 0 Å². The number of carbonyl (C=O) groups is 1. The SMILES string of the molecule is CC(=O)N[C@H]1C[C@H](CO)C1. The van der Waals surface area contributed by atoms with Crippen molar-refractivity contribution in [3.8, 4) is 0 Å². The number of amides is 1. The molecule has 58 valence electrons. The van der Waals surface area contributed by atoms with E-state index in [0.717, 1.165) is 12.8 Å². The Bertz CT molecular complexity index is 130. The first-order valence-electron chi connectivity index (χ1n) is 3.60. The standard InChI is InChI=1S/C7H13NO2/c1-5(10)8-7-2-6(3-7)4-9/h6-7,9H,2-4H2,1H3,(H,8,10)/t6-,7-. The number of aliphatic hydroxyl groups excluding tert-OH is 1. The molecule has 0 bridgehead atoms. The predicted molar refractivity (Wildman–Crippen MR) is 37.4 cm³/mol. The van der Waals surface area contributed by atoms with E-state index in [1.807, 2.05) is 0 Å². The summed E-state index contributed by atoms with van der Waals surface area (Å²) in [5.41, 5.74) is 0. The van der Waals surface area contributed by atoms with Gasteiger partial charge in [-0.1, -0.05) is 0 Å². The van der Waals surface area contributed by atoms with E-state index in [0.29, 0.717) is 12.0 Å². The monoisotopic (exact) mass is 143 g/mol. The third kappa shape index (κ3) is 1.70. The van der Waals surface area contributed by atoms with Gasteiger partial charge >= 0.3 is 0 Å². The number of nitrogens with one attached hydrogen (secondary N) is 1. The van der Waals surface area contributed by atoms with Gasteiger partial charge in [0, 0.05) is 19.6 Å². The Morgan fingerprint density at radius 3 is 2.70 bits per heavy atom. The molecule has 1 aliphatic rings. The van der Waals surface area contributed by atoms with Gasteiger partial charge in [0.15, 0.2) is 0 Å². The first-order valence-corrected chi connectivity index (χ1v) is 3.60. The number of rotatable bonds is 2. The highest BCUT2D eigenvalue weighted by atomic mass is 16.3. The molecule has 0 saturated heterocycles. The van der Waals surface area contributed by atoms with Crippen molar-refractivity contribution < 1.29 is 9.90 Å². The fourth-order valence-electron chi connectivity index (χ4n) is 1.29. The number of hydrogen-bond acceptors (Lipinski definition) is 2. The van der Waals surface area contributed by atoms with E-state index in [-0.39, 0.29) is 12.5 Å². The van der Waals surface area contributed by atoms with Gasteiger partial charge < -0.3 is 10.4 Å². The summed E-state index contributed by atoms with van der Waals surface area (Å²) >= 11 is 0. The predicted octanol–water partition coefficient (Wildman–Crippen LogP) is -0.107. The highest BCUT2D eigenvalue weighted by Crippen LogP contribution is 2.26. The van der Waals surface area contributed by atoms with Crippen molar-refractivity contribution in [2.24, 2.45) is 5.92 Å². The molecule has 10 heavy (non-hydrogen) atoms. The lowest BCUT2D eigenvalue weighted by molar-refractivity contribution is -0.120. The summed E-state index contributed by atoms with van der Waals surface area (Å²) in [6, 6.07) is 0.328. The second kappa shape index (κ2) is 3.01. The van der Waals surface area contributed by atoms with Gasteiger partial charge in [-0.3, -0.25) is 4.79 Å². The summed E-state index contributed by atoms with van der Waals surface area (Å²) in [4.78, 5) is 10.5. The van der Waals surface area contributed by atoms with Crippen molar-refractivity contribution in [2.75, 3.05) is 6.61 Å². The minimum Gasteiger partial charge on any atom is -0.396 e. The molecule has 0 aliphatic heterocycles. The lowest BCUT2D eigenvalue weighted by atomic mass is 9.81. The van der Waals surface area contributed by atoms with Crippen LogP contribution >= 0.6 is 0 Å². The minimum atomic E-state index is 0.0291. The quantitative estimate of drug-likeness (QED) is 0.566. The molecule has 1 fully saturated rings. The van der Waals surface area contributed by atoms with E-state index >= 15 is 0 Å². The molecule has 1 rings (SSSR count). The zero-order valence-electron chi connectivity index (χ0n) is 6.13. The summed E-state index contributed by atoms with van der Waals surface area (Å²) in [5.74, 6) is 0.457. The van der Waals surface area contributed by atoms with Crippen LogP contribution in [-0.4, -0.2) is 23.7 Å². The fourth-order valence-corrected chi connectivity index (χ4v) is 1.29. The molecule has 0 radical (unpaired) electrons. The Kier molecular flexibility index (Phi) is 2.27. The maximum atomic E-state index is 10.5. The lowest BCUT2D eigenvalue weighted by Gasteiger charge is -2.34. The Balaban J connectivity index is 2.08. The molecule has 0 spiro atoms. The Morgan fingerprint density at radius 2 is 2.30 bits per heavy atom. The minimum absolute atomic E-state index is 0.0291. The smallest absolute Gasteiger partial charge is 0.217 e. The van der Waals surface area contributed by atoms with Gasteiger partial charge in [-0.15, -0.1) is 0 Å². The molecule has 0 atom stereocenters.